The molecule has 300 valence electrons. The lowest BCUT2D eigenvalue weighted by molar-refractivity contribution is 0.620. The highest BCUT2D eigenvalue weighted by molar-refractivity contribution is 7.25. The van der Waals surface area contributed by atoms with Crippen LogP contribution in [0.3, 0.4) is 0 Å². The Kier molecular flexibility index (Phi) is 8.36. The molecule has 0 atom stereocenters. The van der Waals surface area contributed by atoms with Crippen molar-refractivity contribution in [3.63, 3.8) is 0 Å². The maximum absolute atomic E-state index is 6.42. The summed E-state index contributed by atoms with van der Waals surface area (Å²) in [7, 11) is 0. The third-order valence-electron chi connectivity index (χ3n) is 12.6. The van der Waals surface area contributed by atoms with Crippen LogP contribution >= 0.6 is 11.3 Å². The van der Waals surface area contributed by atoms with E-state index in [2.05, 4.69) is 204 Å². The highest BCUT2D eigenvalue weighted by atomic mass is 32.1. The lowest BCUT2D eigenvalue weighted by Gasteiger charge is -2.28. The van der Waals surface area contributed by atoms with Gasteiger partial charge in [0.2, 0.25) is 5.89 Å². The smallest absolute Gasteiger partial charge is 0.227 e. The standard InChI is InChI=1S/C59H37N3OS/c1-2-14-40(15-3-1)59-60-53-32-28-46(37-56(53)63-59)62(55-22-11-17-39-13-5-7-19-50(39)55)44-27-31-48-42(35-44)25-24-41-34-43(26-30-47(41)48)61(54-21-10-16-38-12-4-6-18-49(38)54)45-29-33-58-52(36-45)51-20-8-9-23-57(51)64-58/h1-37H. The molecule has 13 aromatic rings. The number of hydrogen-bond acceptors (Lipinski definition) is 5. The zero-order valence-electron chi connectivity index (χ0n) is 34.5. The maximum Gasteiger partial charge on any atom is 0.227 e. The Balaban J connectivity index is 0.950. The van der Waals surface area contributed by atoms with E-state index in [4.69, 9.17) is 9.40 Å². The summed E-state index contributed by atoms with van der Waals surface area (Å²) >= 11 is 1.85. The van der Waals surface area contributed by atoms with E-state index in [-0.39, 0.29) is 0 Å². The molecule has 0 saturated heterocycles. The van der Waals surface area contributed by atoms with Crippen LogP contribution < -0.4 is 9.80 Å². The first-order chi connectivity index (χ1) is 31.7. The van der Waals surface area contributed by atoms with Crippen LogP contribution in [0.25, 0.3) is 85.8 Å². The molecule has 0 bridgehead atoms. The van der Waals surface area contributed by atoms with Crippen molar-refractivity contribution in [1.82, 2.24) is 4.98 Å². The van der Waals surface area contributed by atoms with Crippen molar-refractivity contribution in [1.29, 1.82) is 0 Å². The molecular formula is C59H37N3OS. The van der Waals surface area contributed by atoms with Gasteiger partial charge in [0.05, 0.1) is 17.1 Å². The Morgan fingerprint density at radius 1 is 0.344 bits per heavy atom. The molecule has 0 aliphatic rings. The van der Waals surface area contributed by atoms with Crippen molar-refractivity contribution in [2.75, 3.05) is 9.80 Å². The number of anilines is 6. The summed E-state index contributed by atoms with van der Waals surface area (Å²) in [5.74, 6) is 0.614. The van der Waals surface area contributed by atoms with Crippen molar-refractivity contribution in [3.05, 3.63) is 224 Å². The van der Waals surface area contributed by atoms with Gasteiger partial charge in [-0.1, -0.05) is 133 Å². The van der Waals surface area contributed by atoms with Gasteiger partial charge in [-0.15, -0.1) is 11.3 Å². The van der Waals surface area contributed by atoms with Crippen LogP contribution in [-0.2, 0) is 0 Å². The fraction of sp³-hybridized carbons (Fsp3) is 0. The average Bonchev–Trinajstić information content (AvgIpc) is 3.96. The summed E-state index contributed by atoms with van der Waals surface area (Å²) in [5.41, 5.74) is 9.04. The third kappa shape index (κ3) is 6.01. The number of thiophene rings is 1. The fourth-order valence-corrected chi connectivity index (χ4v) is 10.7. The van der Waals surface area contributed by atoms with Gasteiger partial charge in [0.1, 0.15) is 5.52 Å². The predicted octanol–water partition coefficient (Wildman–Crippen LogP) is 17.4. The molecule has 13 rings (SSSR count). The second kappa shape index (κ2) is 14.7. The molecule has 2 aromatic heterocycles. The largest absolute Gasteiger partial charge is 0.436 e. The fourth-order valence-electron chi connectivity index (χ4n) is 9.60. The highest BCUT2D eigenvalue weighted by Crippen LogP contribution is 2.45. The zero-order valence-corrected chi connectivity index (χ0v) is 35.3. The van der Waals surface area contributed by atoms with Crippen LogP contribution in [0.5, 0.6) is 0 Å². The lowest BCUT2D eigenvalue weighted by atomic mass is 9.99. The minimum absolute atomic E-state index is 0.614. The molecule has 4 nitrogen and oxygen atoms in total. The van der Waals surface area contributed by atoms with Gasteiger partial charge in [-0.25, -0.2) is 4.98 Å². The molecule has 0 unspecified atom stereocenters. The van der Waals surface area contributed by atoms with Crippen LogP contribution in [-0.4, -0.2) is 4.98 Å². The minimum Gasteiger partial charge on any atom is -0.436 e. The molecule has 5 heteroatoms. The van der Waals surface area contributed by atoms with E-state index < -0.39 is 0 Å². The van der Waals surface area contributed by atoms with Crippen molar-refractivity contribution in [2.45, 2.75) is 0 Å². The SMILES string of the molecule is c1ccc(-c2nc3ccc(N(c4ccc5c(ccc6cc(N(c7ccc8sc9ccccc9c8c7)c7cccc8ccccc78)ccc65)c4)c4cccc5ccccc45)cc3o2)cc1. The molecule has 0 radical (unpaired) electrons. The highest BCUT2D eigenvalue weighted by Gasteiger charge is 2.21. The van der Waals surface area contributed by atoms with Crippen molar-refractivity contribution in [3.8, 4) is 11.5 Å². The van der Waals surface area contributed by atoms with Gasteiger partial charge < -0.3 is 14.2 Å². The number of nitrogens with zero attached hydrogens (tertiary/aromatic N) is 3. The second-order valence-corrected chi connectivity index (χ2v) is 17.4. The van der Waals surface area contributed by atoms with Crippen LogP contribution in [0.1, 0.15) is 0 Å². The van der Waals surface area contributed by atoms with Crippen LogP contribution in [0.2, 0.25) is 0 Å². The molecule has 11 aromatic carbocycles. The number of rotatable bonds is 7. The molecule has 0 spiro atoms. The Morgan fingerprint density at radius 2 is 0.859 bits per heavy atom. The summed E-state index contributed by atoms with van der Waals surface area (Å²) < 4.78 is 9.02. The molecule has 0 fully saturated rings. The first kappa shape index (κ1) is 36.4. The van der Waals surface area contributed by atoms with Gasteiger partial charge in [-0.3, -0.25) is 0 Å². The summed E-state index contributed by atoms with van der Waals surface area (Å²) in [5, 5.41) is 12.1. The number of hydrogen-bond donors (Lipinski definition) is 0. The molecule has 0 amide bonds. The maximum atomic E-state index is 6.42. The van der Waals surface area contributed by atoms with E-state index in [0.717, 1.165) is 56.2 Å². The summed E-state index contributed by atoms with van der Waals surface area (Å²) in [4.78, 5) is 9.62. The topological polar surface area (TPSA) is 32.5 Å². The van der Waals surface area contributed by atoms with E-state index >= 15 is 0 Å². The Hall–Kier alpha value is -8.25. The summed E-state index contributed by atoms with van der Waals surface area (Å²) in [6.07, 6.45) is 0. The molecule has 64 heavy (non-hydrogen) atoms. The molecule has 0 N–H and O–H groups in total. The molecule has 0 saturated carbocycles. The molecular weight excluding hydrogens is 799 g/mol. The molecule has 0 aliphatic carbocycles. The number of fused-ring (bicyclic) bond motifs is 9. The van der Waals surface area contributed by atoms with Crippen molar-refractivity contribution in [2.24, 2.45) is 0 Å². The molecule has 0 aliphatic heterocycles. The summed E-state index contributed by atoms with van der Waals surface area (Å²) in [6, 6.07) is 80.8. The van der Waals surface area contributed by atoms with Gasteiger partial charge in [0, 0.05) is 59.6 Å². The zero-order chi connectivity index (χ0) is 42.1. The normalized spacial score (nSPS) is 11.8. The first-order valence-corrected chi connectivity index (χ1v) is 22.4. The minimum atomic E-state index is 0.614. The van der Waals surface area contributed by atoms with Crippen LogP contribution in [0, 0.1) is 0 Å². The lowest BCUT2D eigenvalue weighted by Crippen LogP contribution is -2.10. The van der Waals surface area contributed by atoms with E-state index in [0.29, 0.717) is 5.89 Å². The quantitative estimate of drug-likeness (QED) is 0.150. The Labute approximate surface area is 373 Å². The van der Waals surface area contributed by atoms with E-state index in [1.165, 1.54) is 57.9 Å². The van der Waals surface area contributed by atoms with Crippen molar-refractivity contribution < 1.29 is 4.42 Å². The van der Waals surface area contributed by atoms with Crippen LogP contribution in [0.4, 0.5) is 34.1 Å². The van der Waals surface area contributed by atoms with Gasteiger partial charge in [-0.2, -0.15) is 0 Å². The third-order valence-corrected chi connectivity index (χ3v) is 13.8. The number of aromatic nitrogens is 1. The van der Waals surface area contributed by atoms with Gasteiger partial charge >= 0.3 is 0 Å². The van der Waals surface area contributed by atoms with E-state index in [1.54, 1.807) is 0 Å². The number of oxazole rings is 1. The molecule has 2 heterocycles. The van der Waals surface area contributed by atoms with Crippen LogP contribution in [0.15, 0.2) is 229 Å². The Bertz CT molecular complexity index is 3930. The van der Waals surface area contributed by atoms with Crippen molar-refractivity contribution >= 4 is 120 Å². The monoisotopic (exact) mass is 835 g/mol. The van der Waals surface area contributed by atoms with Gasteiger partial charge in [0.15, 0.2) is 5.58 Å². The van der Waals surface area contributed by atoms with Gasteiger partial charge in [-0.05, 0) is 117 Å². The average molecular weight is 836 g/mol. The second-order valence-electron chi connectivity index (χ2n) is 16.4. The first-order valence-electron chi connectivity index (χ1n) is 21.6. The van der Waals surface area contributed by atoms with E-state index in [1.807, 2.05) is 41.7 Å². The Morgan fingerprint density at radius 3 is 1.53 bits per heavy atom. The summed E-state index contributed by atoms with van der Waals surface area (Å²) in [6.45, 7) is 0. The predicted molar refractivity (Wildman–Crippen MR) is 272 cm³/mol. The van der Waals surface area contributed by atoms with Gasteiger partial charge in [0.25, 0.3) is 0 Å². The van der Waals surface area contributed by atoms with E-state index in [9.17, 15) is 0 Å². The number of benzene rings is 11.